The van der Waals surface area contributed by atoms with Crippen LogP contribution in [0.15, 0.2) is 70.3 Å². The Hall–Kier alpha value is -3.47. The average Bonchev–Trinajstić information content (AvgIpc) is 2.92. The Morgan fingerprint density at radius 3 is 2.30 bits per heavy atom. The molecular weight excluding hydrogens is 555 g/mol. The van der Waals surface area contributed by atoms with Crippen molar-refractivity contribution in [1.29, 1.82) is 0 Å². The highest BCUT2D eigenvalue weighted by molar-refractivity contribution is 6.39. The lowest BCUT2D eigenvalue weighted by Gasteiger charge is -2.24. The standard InChI is InChI=1S/C29H30Cl2N4O5/c1-4-40-28(38)23(33-26(36)25-21(30)6-5-7-22(25)31)15-17-8-11-19(12-9-17)35-27(37)20-14-18(16-32-2)10-13-24(20)34(3)29(35)39/h5-14,23,28,32,38H,4,15-16H2,1-3H3,(H,33,36)/t23-,28?/m0/s1. The number of aryl methyl sites for hydroxylation is 1. The summed E-state index contributed by atoms with van der Waals surface area (Å²) in [6, 6.07) is 16.1. The third-order valence-electron chi connectivity index (χ3n) is 6.55. The maximum Gasteiger partial charge on any atom is 0.335 e. The van der Waals surface area contributed by atoms with E-state index in [4.69, 9.17) is 27.9 Å². The predicted molar refractivity (Wildman–Crippen MR) is 157 cm³/mol. The smallest absolute Gasteiger partial charge is 0.335 e. The second-order valence-electron chi connectivity index (χ2n) is 9.26. The van der Waals surface area contributed by atoms with Gasteiger partial charge in [-0.25, -0.2) is 9.36 Å². The van der Waals surface area contributed by atoms with E-state index in [2.05, 4.69) is 10.6 Å². The molecule has 0 saturated carbocycles. The van der Waals surface area contributed by atoms with E-state index in [1.165, 1.54) is 4.57 Å². The maximum absolute atomic E-state index is 13.4. The summed E-state index contributed by atoms with van der Waals surface area (Å²) >= 11 is 12.4. The lowest BCUT2D eigenvalue weighted by atomic mass is 10.0. The van der Waals surface area contributed by atoms with E-state index < -0.39 is 29.5 Å². The van der Waals surface area contributed by atoms with Crippen molar-refractivity contribution in [2.45, 2.75) is 32.2 Å². The molecule has 0 aliphatic carbocycles. The molecule has 0 spiro atoms. The molecule has 2 atom stereocenters. The fourth-order valence-corrected chi connectivity index (χ4v) is 5.12. The molecule has 4 aromatic rings. The highest BCUT2D eigenvalue weighted by Gasteiger charge is 2.25. The molecule has 0 aliphatic rings. The third kappa shape index (κ3) is 6.14. The summed E-state index contributed by atoms with van der Waals surface area (Å²) < 4.78 is 7.93. The molecule has 0 aliphatic heterocycles. The number of carbonyl (C=O) groups excluding carboxylic acids is 1. The molecule has 3 aromatic carbocycles. The van der Waals surface area contributed by atoms with Gasteiger partial charge in [0.2, 0.25) is 0 Å². The molecule has 9 nitrogen and oxygen atoms in total. The third-order valence-corrected chi connectivity index (χ3v) is 7.18. The van der Waals surface area contributed by atoms with Crippen molar-refractivity contribution in [3.8, 4) is 5.69 Å². The van der Waals surface area contributed by atoms with Crippen LogP contribution in [0, 0.1) is 0 Å². The molecule has 40 heavy (non-hydrogen) atoms. The molecular formula is C29H30Cl2N4O5. The Bertz CT molecular complexity index is 1630. The van der Waals surface area contributed by atoms with Crippen LogP contribution >= 0.6 is 23.2 Å². The number of rotatable bonds is 10. The molecule has 1 aromatic heterocycles. The number of carbonyl (C=O) groups is 1. The topological polar surface area (TPSA) is 115 Å². The van der Waals surface area contributed by atoms with Crippen LogP contribution in [0.2, 0.25) is 10.0 Å². The molecule has 1 unspecified atom stereocenters. The summed E-state index contributed by atoms with van der Waals surface area (Å²) in [6.45, 7) is 2.54. The first-order chi connectivity index (χ1) is 19.2. The molecule has 0 saturated heterocycles. The summed E-state index contributed by atoms with van der Waals surface area (Å²) in [5.74, 6) is -0.556. The largest absolute Gasteiger partial charge is 0.366 e. The Labute approximate surface area is 240 Å². The maximum atomic E-state index is 13.4. The monoisotopic (exact) mass is 584 g/mol. The first kappa shape index (κ1) is 29.5. The number of aromatic nitrogens is 2. The van der Waals surface area contributed by atoms with Crippen molar-refractivity contribution in [3.63, 3.8) is 0 Å². The minimum Gasteiger partial charge on any atom is -0.366 e. The molecule has 1 amide bonds. The van der Waals surface area contributed by atoms with Crippen molar-refractivity contribution in [3.05, 3.63) is 108 Å². The van der Waals surface area contributed by atoms with Crippen LogP contribution in [-0.4, -0.2) is 46.1 Å². The minimum absolute atomic E-state index is 0.0966. The molecule has 4 rings (SSSR count). The lowest BCUT2D eigenvalue weighted by Crippen LogP contribution is -2.46. The highest BCUT2D eigenvalue weighted by atomic mass is 35.5. The van der Waals surface area contributed by atoms with E-state index >= 15 is 0 Å². The Morgan fingerprint density at radius 1 is 1.02 bits per heavy atom. The summed E-state index contributed by atoms with van der Waals surface area (Å²) in [5.41, 5.74) is 1.79. The van der Waals surface area contributed by atoms with E-state index in [0.717, 1.165) is 15.7 Å². The molecule has 1 heterocycles. The van der Waals surface area contributed by atoms with Crippen molar-refractivity contribution < 1.29 is 14.6 Å². The van der Waals surface area contributed by atoms with E-state index in [9.17, 15) is 19.5 Å². The minimum atomic E-state index is -1.31. The number of fused-ring (bicyclic) bond motifs is 1. The molecule has 11 heteroatoms. The second kappa shape index (κ2) is 12.8. The second-order valence-corrected chi connectivity index (χ2v) is 10.1. The van der Waals surface area contributed by atoms with Gasteiger partial charge in [0, 0.05) is 20.2 Å². The van der Waals surface area contributed by atoms with Crippen LogP contribution in [0.4, 0.5) is 0 Å². The number of hydrogen-bond donors (Lipinski definition) is 3. The van der Waals surface area contributed by atoms with Gasteiger partial charge in [0.25, 0.3) is 11.5 Å². The fraction of sp³-hybridized carbons (Fsp3) is 0.276. The van der Waals surface area contributed by atoms with Crippen LogP contribution < -0.4 is 21.9 Å². The van der Waals surface area contributed by atoms with Crippen LogP contribution in [0.1, 0.15) is 28.4 Å². The zero-order valence-electron chi connectivity index (χ0n) is 22.3. The van der Waals surface area contributed by atoms with Crippen LogP contribution in [0.25, 0.3) is 16.6 Å². The first-order valence-corrected chi connectivity index (χ1v) is 13.4. The van der Waals surface area contributed by atoms with Gasteiger partial charge in [-0.15, -0.1) is 0 Å². The Morgan fingerprint density at radius 2 is 1.68 bits per heavy atom. The molecule has 210 valence electrons. The Balaban J connectivity index is 1.65. The van der Waals surface area contributed by atoms with Crippen LogP contribution in [0.5, 0.6) is 0 Å². The molecule has 0 radical (unpaired) electrons. The number of halogens is 2. The molecule has 3 N–H and O–H groups in total. The molecule has 0 fully saturated rings. The number of benzene rings is 3. The van der Waals surface area contributed by atoms with Crippen molar-refractivity contribution >= 4 is 40.0 Å². The predicted octanol–water partition coefficient (Wildman–Crippen LogP) is 3.41. The van der Waals surface area contributed by atoms with E-state index in [1.807, 2.05) is 13.1 Å². The Kier molecular flexibility index (Phi) is 9.44. The zero-order chi connectivity index (χ0) is 29.0. The van der Waals surface area contributed by atoms with Gasteiger partial charge in [-0.05, 0) is 67.9 Å². The zero-order valence-corrected chi connectivity index (χ0v) is 23.8. The molecule has 0 bridgehead atoms. The van der Waals surface area contributed by atoms with Gasteiger partial charge in [0.05, 0.1) is 38.2 Å². The number of hydrogen-bond acceptors (Lipinski definition) is 6. The number of nitrogens with one attached hydrogen (secondary N) is 2. The van der Waals surface area contributed by atoms with Gasteiger partial charge in [0.1, 0.15) is 0 Å². The average molecular weight is 585 g/mol. The number of aliphatic hydroxyl groups excluding tert-OH is 1. The number of amides is 1. The first-order valence-electron chi connectivity index (χ1n) is 12.7. The normalized spacial score (nSPS) is 12.8. The summed E-state index contributed by atoms with van der Waals surface area (Å²) in [6.07, 6.45) is -1.12. The number of ether oxygens (including phenoxy) is 1. The SMILES string of the molecule is CCOC(O)[C@H](Cc1ccc(-n2c(=O)c3cc(CNC)ccc3n(C)c2=O)cc1)NC(=O)c1c(Cl)cccc1Cl. The lowest BCUT2D eigenvalue weighted by molar-refractivity contribution is -0.113. The van der Waals surface area contributed by atoms with E-state index in [-0.39, 0.29) is 28.6 Å². The number of aliphatic hydroxyl groups is 1. The van der Waals surface area contributed by atoms with Crippen molar-refractivity contribution in [1.82, 2.24) is 19.8 Å². The highest BCUT2D eigenvalue weighted by Crippen LogP contribution is 2.24. The fourth-order valence-electron chi connectivity index (χ4n) is 4.55. The van der Waals surface area contributed by atoms with Gasteiger partial charge in [-0.3, -0.25) is 14.2 Å². The quantitative estimate of drug-likeness (QED) is 0.246. The van der Waals surface area contributed by atoms with Gasteiger partial charge in [0.15, 0.2) is 6.29 Å². The van der Waals surface area contributed by atoms with Crippen molar-refractivity contribution in [2.75, 3.05) is 13.7 Å². The van der Waals surface area contributed by atoms with Crippen molar-refractivity contribution in [2.24, 2.45) is 7.05 Å². The summed E-state index contributed by atoms with van der Waals surface area (Å²) in [5, 5.41) is 17.2. The van der Waals surface area contributed by atoms with Gasteiger partial charge in [-0.2, -0.15) is 0 Å². The summed E-state index contributed by atoms with van der Waals surface area (Å²) in [7, 11) is 3.44. The van der Waals surface area contributed by atoms with E-state index in [0.29, 0.717) is 23.1 Å². The van der Waals surface area contributed by atoms with Crippen LogP contribution in [0.3, 0.4) is 0 Å². The van der Waals surface area contributed by atoms with E-state index in [1.54, 1.807) is 68.6 Å². The van der Waals surface area contributed by atoms with Crippen LogP contribution in [-0.2, 0) is 24.8 Å². The van der Waals surface area contributed by atoms with Gasteiger partial charge < -0.3 is 20.5 Å². The summed E-state index contributed by atoms with van der Waals surface area (Å²) in [4.78, 5) is 39.5. The van der Waals surface area contributed by atoms with Gasteiger partial charge in [-0.1, -0.05) is 47.5 Å². The number of nitrogens with zero attached hydrogens (tertiary/aromatic N) is 2. The van der Waals surface area contributed by atoms with Gasteiger partial charge >= 0.3 is 5.69 Å².